The number of hydrogen-bond donors (Lipinski definition) is 1. The number of methoxy groups -OCH3 is 1. The van der Waals surface area contributed by atoms with Gasteiger partial charge in [-0.25, -0.2) is 0 Å². The molecule has 0 heterocycles. The number of rotatable bonds is 8. The van der Waals surface area contributed by atoms with Crippen LogP contribution in [0.3, 0.4) is 0 Å². The highest BCUT2D eigenvalue weighted by Gasteiger charge is 2.46. The van der Waals surface area contributed by atoms with E-state index in [-0.39, 0.29) is 11.9 Å². The van der Waals surface area contributed by atoms with Gasteiger partial charge < -0.3 is 15.4 Å². The first-order valence-electron chi connectivity index (χ1n) is 7.07. The fourth-order valence-corrected chi connectivity index (χ4v) is 2.54. The Morgan fingerprint density at radius 2 is 2.00 bits per heavy atom. The number of carbonyl (C=O) groups excluding carboxylic acids is 1. The molecule has 1 fully saturated rings. The number of carbonyl (C=O) groups is 1. The van der Waals surface area contributed by atoms with Crippen molar-refractivity contribution in [2.24, 2.45) is 11.7 Å². The van der Waals surface area contributed by atoms with Crippen LogP contribution in [0, 0.1) is 5.92 Å². The molecular weight excluding hydrogens is 228 g/mol. The van der Waals surface area contributed by atoms with Gasteiger partial charge >= 0.3 is 0 Å². The highest BCUT2D eigenvalue weighted by Crippen LogP contribution is 2.39. The van der Waals surface area contributed by atoms with E-state index in [1.54, 1.807) is 7.11 Å². The van der Waals surface area contributed by atoms with Gasteiger partial charge in [-0.2, -0.15) is 0 Å². The van der Waals surface area contributed by atoms with Gasteiger partial charge in [0, 0.05) is 19.7 Å². The molecule has 1 atom stereocenters. The monoisotopic (exact) mass is 256 g/mol. The summed E-state index contributed by atoms with van der Waals surface area (Å²) in [6.07, 6.45) is 4.10. The van der Waals surface area contributed by atoms with Gasteiger partial charge in [-0.3, -0.25) is 4.79 Å². The third-order valence-electron chi connectivity index (χ3n) is 4.07. The van der Waals surface area contributed by atoms with Crippen molar-refractivity contribution in [3.63, 3.8) is 0 Å². The van der Waals surface area contributed by atoms with Crippen molar-refractivity contribution in [1.29, 1.82) is 0 Å². The average molecular weight is 256 g/mol. The first-order chi connectivity index (χ1) is 8.48. The van der Waals surface area contributed by atoms with Gasteiger partial charge in [-0.05, 0) is 38.5 Å². The van der Waals surface area contributed by atoms with Crippen molar-refractivity contribution in [1.82, 2.24) is 4.90 Å². The zero-order chi connectivity index (χ0) is 13.8. The van der Waals surface area contributed by atoms with Crippen LogP contribution in [0.1, 0.15) is 46.5 Å². The molecule has 0 saturated heterocycles. The van der Waals surface area contributed by atoms with Gasteiger partial charge in [0.1, 0.15) is 0 Å². The summed E-state index contributed by atoms with van der Waals surface area (Å²) in [5.41, 5.74) is 5.56. The normalized spacial score (nSPS) is 18.8. The zero-order valence-electron chi connectivity index (χ0n) is 12.2. The zero-order valence-corrected chi connectivity index (χ0v) is 12.2. The van der Waals surface area contributed by atoms with Gasteiger partial charge in [0.25, 0.3) is 0 Å². The summed E-state index contributed by atoms with van der Waals surface area (Å²) in [6, 6.07) is 0.272. The van der Waals surface area contributed by atoms with E-state index in [1.807, 2.05) is 11.8 Å². The minimum atomic E-state index is -0.698. The van der Waals surface area contributed by atoms with Crippen LogP contribution < -0.4 is 5.73 Å². The van der Waals surface area contributed by atoms with Crippen LogP contribution in [0.4, 0.5) is 0 Å². The fourth-order valence-electron chi connectivity index (χ4n) is 2.54. The Morgan fingerprint density at radius 1 is 1.44 bits per heavy atom. The van der Waals surface area contributed by atoms with E-state index in [0.717, 1.165) is 25.7 Å². The molecule has 0 aliphatic heterocycles. The van der Waals surface area contributed by atoms with Crippen molar-refractivity contribution in [2.45, 2.75) is 58.0 Å². The largest absolute Gasteiger partial charge is 0.383 e. The van der Waals surface area contributed by atoms with Gasteiger partial charge in [0.15, 0.2) is 0 Å². The Kier molecular flexibility index (Phi) is 5.60. The molecule has 0 aromatic carbocycles. The second-order valence-electron chi connectivity index (χ2n) is 5.52. The lowest BCUT2D eigenvalue weighted by Crippen LogP contribution is -2.58. The highest BCUT2D eigenvalue weighted by atomic mass is 16.5. The van der Waals surface area contributed by atoms with Crippen LogP contribution in [-0.4, -0.2) is 42.6 Å². The molecule has 0 aromatic rings. The lowest BCUT2D eigenvalue weighted by molar-refractivity contribution is -0.140. The van der Waals surface area contributed by atoms with E-state index in [0.29, 0.717) is 19.1 Å². The summed E-state index contributed by atoms with van der Waals surface area (Å²) in [6.45, 7) is 7.33. The quantitative estimate of drug-likeness (QED) is 0.720. The maximum Gasteiger partial charge on any atom is 0.242 e. The van der Waals surface area contributed by atoms with Crippen molar-refractivity contribution in [3.05, 3.63) is 0 Å². The van der Waals surface area contributed by atoms with E-state index in [9.17, 15) is 4.79 Å². The standard InChI is InChI=1S/C14H28N2O2/c1-5-12(6-2)16(9-10-18-4)13(17)14(3,15)11-7-8-11/h11-12H,5-10,15H2,1-4H3. The molecule has 1 rings (SSSR count). The van der Waals surface area contributed by atoms with Crippen LogP contribution in [0.25, 0.3) is 0 Å². The van der Waals surface area contributed by atoms with E-state index in [1.165, 1.54) is 0 Å². The van der Waals surface area contributed by atoms with Crippen molar-refractivity contribution in [2.75, 3.05) is 20.3 Å². The van der Waals surface area contributed by atoms with E-state index in [4.69, 9.17) is 10.5 Å². The summed E-state index contributed by atoms with van der Waals surface area (Å²) in [4.78, 5) is 14.6. The molecule has 1 aliphatic carbocycles. The van der Waals surface area contributed by atoms with Crippen LogP contribution in [-0.2, 0) is 9.53 Å². The van der Waals surface area contributed by atoms with E-state index >= 15 is 0 Å². The minimum absolute atomic E-state index is 0.0933. The van der Waals surface area contributed by atoms with Gasteiger partial charge in [-0.15, -0.1) is 0 Å². The Balaban J connectivity index is 2.76. The lowest BCUT2D eigenvalue weighted by Gasteiger charge is -2.36. The number of nitrogens with zero attached hydrogens (tertiary/aromatic N) is 1. The molecule has 1 saturated carbocycles. The number of ether oxygens (including phenoxy) is 1. The molecule has 0 bridgehead atoms. The number of hydrogen-bond acceptors (Lipinski definition) is 3. The number of nitrogens with two attached hydrogens (primary N) is 1. The second-order valence-corrected chi connectivity index (χ2v) is 5.52. The van der Waals surface area contributed by atoms with E-state index < -0.39 is 5.54 Å². The molecule has 4 nitrogen and oxygen atoms in total. The summed E-state index contributed by atoms with van der Waals surface area (Å²) in [7, 11) is 1.66. The SMILES string of the molecule is CCC(CC)N(CCOC)C(=O)C(C)(N)C1CC1. The smallest absolute Gasteiger partial charge is 0.242 e. The van der Waals surface area contributed by atoms with Crippen LogP contribution in [0.2, 0.25) is 0 Å². The summed E-state index contributed by atoms with van der Waals surface area (Å²) in [5.74, 6) is 0.458. The Morgan fingerprint density at radius 3 is 2.39 bits per heavy atom. The molecule has 1 aliphatic rings. The number of amides is 1. The predicted molar refractivity (Wildman–Crippen MR) is 73.3 cm³/mol. The average Bonchev–Trinajstić information content (AvgIpc) is 3.18. The van der Waals surface area contributed by atoms with Gasteiger partial charge in [0.05, 0.1) is 12.1 Å². The Bertz CT molecular complexity index is 271. The fraction of sp³-hybridized carbons (Fsp3) is 0.929. The molecule has 4 heteroatoms. The molecule has 1 amide bonds. The molecule has 0 aromatic heterocycles. The first kappa shape index (κ1) is 15.4. The molecule has 18 heavy (non-hydrogen) atoms. The Labute approximate surface area is 111 Å². The minimum Gasteiger partial charge on any atom is -0.383 e. The second kappa shape index (κ2) is 6.53. The Hall–Kier alpha value is -0.610. The molecule has 1 unspecified atom stereocenters. The predicted octanol–water partition coefficient (Wildman–Crippen LogP) is 1.78. The van der Waals surface area contributed by atoms with Crippen molar-refractivity contribution < 1.29 is 9.53 Å². The summed E-state index contributed by atoms with van der Waals surface area (Å²) >= 11 is 0. The first-order valence-corrected chi connectivity index (χ1v) is 7.07. The highest BCUT2D eigenvalue weighted by molar-refractivity contribution is 5.86. The van der Waals surface area contributed by atoms with Gasteiger partial charge in [-0.1, -0.05) is 13.8 Å². The lowest BCUT2D eigenvalue weighted by atomic mass is 9.94. The summed E-state index contributed by atoms with van der Waals surface area (Å²) < 4.78 is 5.12. The van der Waals surface area contributed by atoms with Crippen LogP contribution in [0.5, 0.6) is 0 Å². The van der Waals surface area contributed by atoms with Crippen LogP contribution in [0.15, 0.2) is 0 Å². The van der Waals surface area contributed by atoms with E-state index in [2.05, 4.69) is 13.8 Å². The molecule has 0 radical (unpaired) electrons. The van der Waals surface area contributed by atoms with Crippen molar-refractivity contribution in [3.8, 4) is 0 Å². The van der Waals surface area contributed by atoms with Gasteiger partial charge in [0.2, 0.25) is 5.91 Å². The van der Waals surface area contributed by atoms with Crippen LogP contribution >= 0.6 is 0 Å². The molecule has 2 N–H and O–H groups in total. The molecular formula is C14H28N2O2. The topological polar surface area (TPSA) is 55.6 Å². The third-order valence-corrected chi connectivity index (χ3v) is 4.07. The third kappa shape index (κ3) is 3.45. The molecule has 0 spiro atoms. The maximum absolute atomic E-state index is 12.7. The maximum atomic E-state index is 12.7. The van der Waals surface area contributed by atoms with Crippen molar-refractivity contribution >= 4 is 5.91 Å². The molecule has 106 valence electrons. The summed E-state index contributed by atoms with van der Waals surface area (Å²) in [5, 5.41) is 0.